The molecule has 0 spiro atoms. The fourth-order valence-electron chi connectivity index (χ4n) is 3.07. The van der Waals surface area contributed by atoms with Gasteiger partial charge in [0.15, 0.2) is 5.13 Å². The summed E-state index contributed by atoms with van der Waals surface area (Å²) in [5, 5.41) is 9.86. The lowest BCUT2D eigenvalue weighted by Crippen LogP contribution is -2.36. The normalized spacial score (nSPS) is 14.5. The van der Waals surface area contributed by atoms with Gasteiger partial charge in [0.2, 0.25) is 11.9 Å². The number of rotatable bonds is 9. The van der Waals surface area contributed by atoms with E-state index in [9.17, 15) is 4.79 Å². The highest BCUT2D eigenvalue weighted by Gasteiger charge is 2.14. The number of thiazole rings is 1. The van der Waals surface area contributed by atoms with Crippen molar-refractivity contribution in [1.29, 1.82) is 0 Å². The summed E-state index contributed by atoms with van der Waals surface area (Å²) in [5.41, 5.74) is 1.72. The molecule has 1 aliphatic rings. The van der Waals surface area contributed by atoms with Crippen molar-refractivity contribution in [3.05, 3.63) is 30.1 Å². The maximum Gasteiger partial charge on any atom is 0.234 e. The van der Waals surface area contributed by atoms with Crippen molar-refractivity contribution in [2.75, 3.05) is 55.9 Å². The highest BCUT2D eigenvalue weighted by atomic mass is 35.5. The van der Waals surface area contributed by atoms with E-state index in [1.54, 1.807) is 6.20 Å². The predicted molar refractivity (Wildman–Crippen MR) is 121 cm³/mol. The summed E-state index contributed by atoms with van der Waals surface area (Å²) in [6.07, 6.45) is 1.75. The number of hydrogen-bond acceptors (Lipinski definition) is 10. The molecule has 1 aliphatic heterocycles. The zero-order valence-electron chi connectivity index (χ0n) is 16.8. The Kier molecular flexibility index (Phi) is 7.41. The number of nitrogens with zero attached hydrogens (tertiary/aromatic N) is 5. The molecule has 0 atom stereocenters. The first-order chi connectivity index (χ1) is 15.2. The van der Waals surface area contributed by atoms with Gasteiger partial charge in [0.1, 0.15) is 22.0 Å². The van der Waals surface area contributed by atoms with Crippen molar-refractivity contribution in [3.8, 4) is 0 Å². The van der Waals surface area contributed by atoms with Crippen LogP contribution in [0.4, 0.5) is 16.9 Å². The first-order valence-corrected chi connectivity index (χ1v) is 11.3. The molecule has 0 aromatic carbocycles. The van der Waals surface area contributed by atoms with Gasteiger partial charge in [-0.15, -0.1) is 11.6 Å². The van der Waals surface area contributed by atoms with Crippen molar-refractivity contribution in [2.24, 2.45) is 0 Å². The monoisotopic (exact) mass is 462 g/mol. The Balaban J connectivity index is 1.49. The molecule has 31 heavy (non-hydrogen) atoms. The van der Waals surface area contributed by atoms with Gasteiger partial charge in [0.05, 0.1) is 18.9 Å². The molecule has 12 heteroatoms. The summed E-state index contributed by atoms with van der Waals surface area (Å²) in [5.74, 6) is 0.853. The molecule has 0 bridgehead atoms. The van der Waals surface area contributed by atoms with Crippen molar-refractivity contribution < 1.29 is 9.53 Å². The molecule has 4 rings (SSSR count). The number of morpholine rings is 1. The smallest absolute Gasteiger partial charge is 0.234 e. The second-order valence-corrected chi connectivity index (χ2v) is 8.08. The van der Waals surface area contributed by atoms with E-state index in [1.807, 2.05) is 18.2 Å². The molecule has 0 aliphatic carbocycles. The van der Waals surface area contributed by atoms with Gasteiger partial charge in [0.25, 0.3) is 0 Å². The minimum absolute atomic E-state index is 0.0589. The Labute approximate surface area is 188 Å². The molecule has 0 radical (unpaired) electrons. The van der Waals surface area contributed by atoms with Gasteiger partial charge in [-0.05, 0) is 12.1 Å². The van der Waals surface area contributed by atoms with Crippen molar-refractivity contribution >= 4 is 56.1 Å². The summed E-state index contributed by atoms with van der Waals surface area (Å²) >= 11 is 6.97. The summed E-state index contributed by atoms with van der Waals surface area (Å²) < 4.78 is 5.43. The number of carbonyl (C=O) groups is 1. The first-order valence-electron chi connectivity index (χ1n) is 9.93. The summed E-state index contributed by atoms with van der Waals surface area (Å²) in [7, 11) is 0. The van der Waals surface area contributed by atoms with Crippen LogP contribution < -0.4 is 16.0 Å². The lowest BCUT2D eigenvalue weighted by molar-refractivity contribution is -0.118. The largest absolute Gasteiger partial charge is 0.379 e. The number of anilines is 3. The van der Waals surface area contributed by atoms with Crippen LogP contribution in [-0.4, -0.2) is 76.0 Å². The van der Waals surface area contributed by atoms with Crippen LogP contribution >= 0.6 is 22.9 Å². The molecule has 0 unspecified atom stereocenters. The van der Waals surface area contributed by atoms with E-state index in [4.69, 9.17) is 16.3 Å². The van der Waals surface area contributed by atoms with E-state index in [2.05, 4.69) is 40.8 Å². The van der Waals surface area contributed by atoms with E-state index in [0.717, 1.165) is 42.3 Å². The molecule has 1 amide bonds. The zero-order chi connectivity index (χ0) is 21.5. The Bertz CT molecular complexity index is 994. The number of nitrogens with one attached hydrogen (secondary N) is 3. The standard InChI is InChI=1S/C19H23ClN8O2S/c20-11-16(29)21-4-5-23-18-24-13(12-28-6-8-30-9-7-28)10-15(26-18)27-19-25-14-2-1-3-22-17(14)31-19/h1-3,10H,4-9,11-12H2,(H,21,29)(H2,23,24,25,26,27). The van der Waals surface area contributed by atoms with Gasteiger partial charge in [-0.3, -0.25) is 9.69 Å². The lowest BCUT2D eigenvalue weighted by Gasteiger charge is -2.26. The van der Waals surface area contributed by atoms with Crippen LogP contribution in [-0.2, 0) is 16.1 Å². The topological polar surface area (TPSA) is 117 Å². The van der Waals surface area contributed by atoms with Gasteiger partial charge in [0, 0.05) is 45.0 Å². The Morgan fingerprint density at radius 2 is 2.10 bits per heavy atom. The average Bonchev–Trinajstić information content (AvgIpc) is 3.19. The average molecular weight is 463 g/mol. The van der Waals surface area contributed by atoms with Crippen molar-refractivity contribution in [3.63, 3.8) is 0 Å². The lowest BCUT2D eigenvalue weighted by atomic mass is 10.3. The highest BCUT2D eigenvalue weighted by molar-refractivity contribution is 7.21. The van der Waals surface area contributed by atoms with E-state index in [0.29, 0.717) is 36.5 Å². The van der Waals surface area contributed by atoms with Gasteiger partial charge in [-0.2, -0.15) is 4.98 Å². The van der Waals surface area contributed by atoms with Gasteiger partial charge >= 0.3 is 0 Å². The highest BCUT2D eigenvalue weighted by Crippen LogP contribution is 2.26. The molecule has 1 fully saturated rings. The molecule has 3 N–H and O–H groups in total. The third-order valence-electron chi connectivity index (χ3n) is 4.52. The molecule has 10 nitrogen and oxygen atoms in total. The third-order valence-corrected chi connectivity index (χ3v) is 5.66. The SMILES string of the molecule is O=C(CCl)NCCNc1nc(CN2CCOCC2)cc(Nc2nc3cccnc3s2)n1. The Morgan fingerprint density at radius 1 is 1.23 bits per heavy atom. The van der Waals surface area contributed by atoms with Gasteiger partial charge < -0.3 is 20.7 Å². The number of carbonyl (C=O) groups excluding carboxylic acids is 1. The van der Waals surface area contributed by atoms with Crippen LogP contribution in [0.1, 0.15) is 5.69 Å². The third kappa shape index (κ3) is 6.20. The molecular formula is C19H23ClN8O2S. The summed E-state index contributed by atoms with van der Waals surface area (Å²) in [6.45, 7) is 4.77. The summed E-state index contributed by atoms with van der Waals surface area (Å²) in [6, 6.07) is 5.72. The van der Waals surface area contributed by atoms with Gasteiger partial charge in [-0.25, -0.2) is 15.0 Å². The maximum atomic E-state index is 11.3. The zero-order valence-corrected chi connectivity index (χ0v) is 18.4. The molecule has 4 heterocycles. The quantitative estimate of drug-likeness (QED) is 0.323. The fraction of sp³-hybridized carbons (Fsp3) is 0.421. The van der Waals surface area contributed by atoms with Crippen molar-refractivity contribution in [2.45, 2.75) is 6.54 Å². The van der Waals surface area contributed by atoms with E-state index in [-0.39, 0.29) is 11.8 Å². The number of hydrogen-bond donors (Lipinski definition) is 3. The van der Waals surface area contributed by atoms with Crippen LogP contribution in [0.3, 0.4) is 0 Å². The van der Waals surface area contributed by atoms with Crippen LogP contribution in [0.2, 0.25) is 0 Å². The number of ether oxygens (including phenoxy) is 1. The minimum atomic E-state index is -0.211. The molecule has 3 aromatic rings. The van der Waals surface area contributed by atoms with Crippen LogP contribution in [0.25, 0.3) is 10.3 Å². The second-order valence-electron chi connectivity index (χ2n) is 6.84. The molecule has 1 saturated heterocycles. The van der Waals surface area contributed by atoms with Gasteiger partial charge in [-0.1, -0.05) is 11.3 Å². The summed E-state index contributed by atoms with van der Waals surface area (Å²) in [4.78, 5) is 32.5. The number of alkyl halides is 1. The number of fused-ring (bicyclic) bond motifs is 1. The number of aromatic nitrogens is 4. The number of halogens is 1. The first kappa shape index (κ1) is 21.6. The van der Waals surface area contributed by atoms with Crippen LogP contribution in [0.15, 0.2) is 24.4 Å². The minimum Gasteiger partial charge on any atom is -0.379 e. The Hall–Kier alpha value is -2.60. The van der Waals surface area contributed by atoms with Crippen LogP contribution in [0, 0.1) is 0 Å². The van der Waals surface area contributed by atoms with Crippen molar-refractivity contribution in [1.82, 2.24) is 30.2 Å². The number of pyridine rings is 1. The molecule has 164 valence electrons. The molecule has 3 aromatic heterocycles. The molecular weight excluding hydrogens is 440 g/mol. The van der Waals surface area contributed by atoms with E-state index >= 15 is 0 Å². The number of amides is 1. The fourth-order valence-corrected chi connectivity index (χ4v) is 3.98. The molecule has 0 saturated carbocycles. The maximum absolute atomic E-state index is 11.3. The predicted octanol–water partition coefficient (Wildman–Crippen LogP) is 1.82. The van der Waals surface area contributed by atoms with E-state index < -0.39 is 0 Å². The Morgan fingerprint density at radius 3 is 2.90 bits per heavy atom. The second kappa shape index (κ2) is 10.6. The van der Waals surface area contributed by atoms with E-state index in [1.165, 1.54) is 11.3 Å². The van der Waals surface area contributed by atoms with Crippen LogP contribution in [0.5, 0.6) is 0 Å².